The minimum atomic E-state index is -1.01. The molecule has 0 amide bonds. The highest BCUT2D eigenvalue weighted by atomic mass is 35.5. The van der Waals surface area contributed by atoms with E-state index in [0.717, 1.165) is 18.4 Å². The highest BCUT2D eigenvalue weighted by molar-refractivity contribution is 5.91. The van der Waals surface area contributed by atoms with E-state index in [9.17, 15) is 9.90 Å². The number of hydrogen-bond acceptors (Lipinski definition) is 3. The lowest BCUT2D eigenvalue weighted by atomic mass is 10.1. The zero-order valence-corrected chi connectivity index (χ0v) is 20.9. The van der Waals surface area contributed by atoms with Crippen LogP contribution < -0.4 is 9.47 Å². The molecule has 0 aromatic heterocycles. The van der Waals surface area contributed by atoms with Crippen molar-refractivity contribution < 1.29 is 19.4 Å². The average molecular weight is 477 g/mol. The fourth-order valence-corrected chi connectivity index (χ4v) is 3.76. The van der Waals surface area contributed by atoms with Gasteiger partial charge in [0, 0.05) is 0 Å². The molecule has 0 unspecified atom stereocenters. The second kappa shape index (κ2) is 18.3. The molecule has 0 aliphatic heterocycles. The summed E-state index contributed by atoms with van der Waals surface area (Å²) in [6.45, 7) is 3.21. The van der Waals surface area contributed by atoms with Gasteiger partial charge in [0.2, 0.25) is 0 Å². The van der Waals surface area contributed by atoms with Crippen molar-refractivity contribution >= 4 is 18.4 Å². The molecule has 4 nitrogen and oxygen atoms in total. The van der Waals surface area contributed by atoms with Crippen LogP contribution in [0.3, 0.4) is 0 Å². The molecule has 0 radical (unpaired) electrons. The van der Waals surface area contributed by atoms with E-state index in [1.165, 1.54) is 64.2 Å². The standard InChI is InChI=1S/C28H40O4.ClH/c1-2-3-4-5-6-7-8-9-10-11-12-16-21-31-25-19-20-27(26(22-25)28(29)30)32-23-24-17-14-13-15-18-24;/h13-15,17-20,22H,2-12,16,21,23H2,1H3,(H,29,30);1H. The van der Waals surface area contributed by atoms with Gasteiger partial charge in [-0.15, -0.1) is 12.4 Å². The Hall–Kier alpha value is -2.20. The van der Waals surface area contributed by atoms with E-state index < -0.39 is 5.97 Å². The van der Waals surface area contributed by atoms with Crippen molar-refractivity contribution in [1.82, 2.24) is 0 Å². The molecule has 0 aliphatic carbocycles. The summed E-state index contributed by atoms with van der Waals surface area (Å²) in [5.74, 6) is -0.0690. The number of unbranched alkanes of at least 4 members (excludes halogenated alkanes) is 11. The van der Waals surface area contributed by atoms with E-state index in [1.807, 2.05) is 30.3 Å². The molecule has 2 rings (SSSR count). The smallest absolute Gasteiger partial charge is 0.339 e. The first kappa shape index (κ1) is 28.8. The second-order valence-corrected chi connectivity index (χ2v) is 8.47. The summed E-state index contributed by atoms with van der Waals surface area (Å²) >= 11 is 0. The molecule has 0 atom stereocenters. The molecule has 0 saturated carbocycles. The van der Waals surface area contributed by atoms with Crippen LogP contribution in [0.2, 0.25) is 0 Å². The summed E-state index contributed by atoms with van der Waals surface area (Å²) in [4.78, 5) is 11.6. The van der Waals surface area contributed by atoms with Crippen LogP contribution >= 0.6 is 12.4 Å². The maximum Gasteiger partial charge on any atom is 0.339 e. The van der Waals surface area contributed by atoms with Gasteiger partial charge in [-0.3, -0.25) is 0 Å². The van der Waals surface area contributed by atoms with Gasteiger partial charge < -0.3 is 14.6 Å². The van der Waals surface area contributed by atoms with Gasteiger partial charge in [0.1, 0.15) is 23.7 Å². The quantitative estimate of drug-likeness (QED) is 0.219. The molecule has 0 fully saturated rings. The molecular formula is C28H41ClO4. The Balaban J connectivity index is 0.00000544. The predicted octanol–water partition coefficient (Wildman–Crippen LogP) is 8.47. The van der Waals surface area contributed by atoms with Crippen LogP contribution in [0.4, 0.5) is 0 Å². The number of carboxylic acids is 1. The first-order valence-electron chi connectivity index (χ1n) is 12.4. The Kier molecular flexibility index (Phi) is 15.9. The number of carbonyl (C=O) groups is 1. The Labute approximate surface area is 206 Å². The molecular weight excluding hydrogens is 436 g/mol. The van der Waals surface area contributed by atoms with Crippen LogP contribution in [0.1, 0.15) is 99.9 Å². The molecule has 0 heterocycles. The van der Waals surface area contributed by atoms with Gasteiger partial charge in [-0.1, -0.05) is 108 Å². The molecule has 2 aromatic rings. The minimum Gasteiger partial charge on any atom is -0.494 e. The Morgan fingerprint density at radius 1 is 0.758 bits per heavy atom. The first-order chi connectivity index (χ1) is 15.7. The fourth-order valence-electron chi connectivity index (χ4n) is 3.76. The number of halogens is 1. The highest BCUT2D eigenvalue weighted by Gasteiger charge is 2.13. The molecule has 2 aromatic carbocycles. The summed E-state index contributed by atoms with van der Waals surface area (Å²) in [5, 5.41) is 9.54. The third kappa shape index (κ3) is 12.6. The van der Waals surface area contributed by atoms with Crippen molar-refractivity contribution in [3.05, 3.63) is 59.7 Å². The fraction of sp³-hybridized carbons (Fsp3) is 0.536. The molecule has 1 N–H and O–H groups in total. The van der Waals surface area contributed by atoms with Crippen molar-refractivity contribution in [2.45, 2.75) is 90.6 Å². The van der Waals surface area contributed by atoms with E-state index in [1.54, 1.807) is 18.2 Å². The van der Waals surface area contributed by atoms with E-state index in [4.69, 9.17) is 9.47 Å². The highest BCUT2D eigenvalue weighted by Crippen LogP contribution is 2.25. The number of carboxylic acid groups (broad SMARTS) is 1. The Morgan fingerprint density at radius 2 is 1.33 bits per heavy atom. The topological polar surface area (TPSA) is 55.8 Å². The van der Waals surface area contributed by atoms with Gasteiger partial charge in [-0.25, -0.2) is 4.79 Å². The Bertz CT molecular complexity index is 764. The lowest BCUT2D eigenvalue weighted by Gasteiger charge is -2.12. The molecule has 0 bridgehead atoms. The van der Waals surface area contributed by atoms with E-state index in [2.05, 4.69) is 6.92 Å². The van der Waals surface area contributed by atoms with Gasteiger partial charge >= 0.3 is 5.97 Å². The van der Waals surface area contributed by atoms with E-state index in [-0.39, 0.29) is 18.0 Å². The van der Waals surface area contributed by atoms with Crippen molar-refractivity contribution in [1.29, 1.82) is 0 Å². The molecule has 0 spiro atoms. The minimum absolute atomic E-state index is 0. The lowest BCUT2D eigenvalue weighted by Crippen LogP contribution is -2.05. The second-order valence-electron chi connectivity index (χ2n) is 8.47. The van der Waals surface area contributed by atoms with Crippen LogP contribution in [0, 0.1) is 0 Å². The SMILES string of the molecule is CCCCCCCCCCCCCCOc1ccc(OCc2ccccc2)c(C(=O)O)c1.Cl. The van der Waals surface area contributed by atoms with Gasteiger partial charge in [0.15, 0.2) is 0 Å². The molecule has 33 heavy (non-hydrogen) atoms. The number of aromatic carboxylic acids is 1. The molecule has 0 aliphatic rings. The summed E-state index contributed by atoms with van der Waals surface area (Å²) in [6.07, 6.45) is 15.6. The van der Waals surface area contributed by atoms with Gasteiger partial charge in [-0.2, -0.15) is 0 Å². The predicted molar refractivity (Wildman–Crippen MR) is 138 cm³/mol. The van der Waals surface area contributed by atoms with E-state index >= 15 is 0 Å². The maximum atomic E-state index is 11.6. The number of benzene rings is 2. The zero-order valence-electron chi connectivity index (χ0n) is 20.1. The number of rotatable bonds is 18. The monoisotopic (exact) mass is 476 g/mol. The van der Waals surface area contributed by atoms with Crippen LogP contribution in [-0.2, 0) is 6.61 Å². The van der Waals surface area contributed by atoms with Crippen LogP contribution in [-0.4, -0.2) is 17.7 Å². The van der Waals surface area contributed by atoms with Crippen LogP contribution in [0.5, 0.6) is 11.5 Å². The summed E-state index contributed by atoms with van der Waals surface area (Å²) < 4.78 is 11.5. The largest absolute Gasteiger partial charge is 0.494 e. The van der Waals surface area contributed by atoms with Gasteiger partial charge in [0.05, 0.1) is 6.61 Å². The number of hydrogen-bond donors (Lipinski definition) is 1. The first-order valence-corrected chi connectivity index (χ1v) is 12.4. The van der Waals surface area contributed by atoms with Crippen molar-refractivity contribution in [2.75, 3.05) is 6.61 Å². The summed E-state index contributed by atoms with van der Waals surface area (Å²) in [5.41, 5.74) is 1.13. The molecule has 184 valence electrons. The average Bonchev–Trinajstić information content (AvgIpc) is 2.81. The Morgan fingerprint density at radius 3 is 1.91 bits per heavy atom. The molecule has 5 heteroatoms. The number of ether oxygens (including phenoxy) is 2. The third-order valence-corrected chi connectivity index (χ3v) is 5.69. The summed E-state index contributed by atoms with van der Waals surface area (Å²) in [7, 11) is 0. The lowest BCUT2D eigenvalue weighted by molar-refractivity contribution is 0.0691. The zero-order chi connectivity index (χ0) is 22.9. The van der Waals surface area contributed by atoms with E-state index in [0.29, 0.717) is 24.7 Å². The maximum absolute atomic E-state index is 11.6. The van der Waals surface area contributed by atoms with Crippen LogP contribution in [0.25, 0.3) is 0 Å². The summed E-state index contributed by atoms with van der Waals surface area (Å²) in [6, 6.07) is 14.7. The third-order valence-electron chi connectivity index (χ3n) is 5.69. The van der Waals surface area contributed by atoms with Crippen molar-refractivity contribution in [3.63, 3.8) is 0 Å². The van der Waals surface area contributed by atoms with Crippen LogP contribution in [0.15, 0.2) is 48.5 Å². The van der Waals surface area contributed by atoms with Crippen molar-refractivity contribution in [3.8, 4) is 11.5 Å². The van der Waals surface area contributed by atoms with Gasteiger partial charge in [-0.05, 0) is 30.2 Å². The normalized spacial score (nSPS) is 10.5. The molecule has 0 saturated heterocycles. The van der Waals surface area contributed by atoms with Crippen molar-refractivity contribution in [2.24, 2.45) is 0 Å². The van der Waals surface area contributed by atoms with Gasteiger partial charge in [0.25, 0.3) is 0 Å².